The van der Waals surface area contributed by atoms with E-state index in [-0.39, 0.29) is 30.7 Å². The molecule has 0 fully saturated rings. The van der Waals surface area contributed by atoms with Gasteiger partial charge in [-0.1, -0.05) is 60.6 Å². The first-order valence-electron chi connectivity index (χ1n) is 14.6. The number of hydrogen-bond donors (Lipinski definition) is 2. The summed E-state index contributed by atoms with van der Waals surface area (Å²) in [5, 5.41) is 15.7. The number of esters is 1. The van der Waals surface area contributed by atoms with Crippen molar-refractivity contribution in [1.29, 1.82) is 0 Å². The lowest BCUT2D eigenvalue weighted by atomic mass is 10.1. The average molecular weight is 634 g/mol. The first kappa shape index (κ1) is 31.3. The van der Waals surface area contributed by atoms with E-state index in [1.54, 1.807) is 31.2 Å². The summed E-state index contributed by atoms with van der Waals surface area (Å²) in [6.07, 6.45) is 4.91. The van der Waals surface area contributed by atoms with Crippen molar-refractivity contribution in [2.75, 3.05) is 24.8 Å². The highest BCUT2D eigenvalue weighted by atomic mass is 32.2. The van der Waals surface area contributed by atoms with Gasteiger partial charge in [-0.3, -0.25) is 9.59 Å². The number of aryl methyl sites for hydroxylation is 1. The van der Waals surface area contributed by atoms with Crippen LogP contribution in [0.25, 0.3) is 0 Å². The second kappa shape index (κ2) is 15.0. The quantitative estimate of drug-likeness (QED) is 0.119. The molecular formula is C32H35N5O5S2. The number of methoxy groups -OCH3 is 1. The number of ether oxygens (including phenoxy) is 2. The molecule has 2 N–H and O–H groups in total. The lowest BCUT2D eigenvalue weighted by Gasteiger charge is -2.12. The molecule has 4 aromatic rings. The summed E-state index contributed by atoms with van der Waals surface area (Å²) in [7, 11) is 1.52. The molecule has 2 heterocycles. The molecule has 2 aromatic heterocycles. The molecule has 0 aliphatic heterocycles. The van der Waals surface area contributed by atoms with Gasteiger partial charge in [0.15, 0.2) is 11.0 Å². The van der Waals surface area contributed by atoms with Crippen LogP contribution in [0, 0.1) is 0 Å². The van der Waals surface area contributed by atoms with Crippen molar-refractivity contribution in [3.63, 3.8) is 0 Å². The van der Waals surface area contributed by atoms with Gasteiger partial charge in [-0.25, -0.2) is 4.79 Å². The molecule has 1 aliphatic rings. The standard InChI is InChI=1S/C32H35N5O5S2/c1-3-42-31(40)28-23-15-8-5-9-17-25(23)44-30(28)34-27(38)20-43-32-36-35-26(37(32)19-21-12-6-4-7-13-21)18-33-29(39)22-14-10-11-16-24(22)41-2/h4,6-7,10-14,16H,3,5,8-9,15,17-20H2,1-2H3,(H,33,39)(H,34,38). The molecule has 1 aliphatic carbocycles. The van der Waals surface area contributed by atoms with Crippen LogP contribution in [0.1, 0.15) is 68.7 Å². The number of amides is 2. The molecule has 12 heteroatoms. The van der Waals surface area contributed by atoms with Gasteiger partial charge in [-0.15, -0.1) is 21.5 Å². The smallest absolute Gasteiger partial charge is 0.341 e. The number of fused-ring (bicyclic) bond motifs is 1. The van der Waals surface area contributed by atoms with Gasteiger partial charge < -0.3 is 24.7 Å². The van der Waals surface area contributed by atoms with Crippen LogP contribution >= 0.6 is 23.1 Å². The number of hydrogen-bond acceptors (Lipinski definition) is 9. The summed E-state index contributed by atoms with van der Waals surface area (Å²) in [5.74, 6) is 0.148. The first-order valence-corrected chi connectivity index (χ1v) is 16.4. The zero-order valence-electron chi connectivity index (χ0n) is 24.8. The SMILES string of the molecule is CCOC(=O)c1c(NC(=O)CSc2nnc(CNC(=O)c3ccccc3OC)n2Cc2ccccc2)sc2c1CCCCC2. The molecular weight excluding hydrogens is 599 g/mol. The number of thiophene rings is 1. The van der Waals surface area contributed by atoms with Gasteiger partial charge in [0, 0.05) is 4.88 Å². The van der Waals surface area contributed by atoms with Crippen LogP contribution in [-0.4, -0.2) is 52.0 Å². The van der Waals surface area contributed by atoms with Crippen molar-refractivity contribution < 1.29 is 23.9 Å². The number of thioether (sulfide) groups is 1. The number of rotatable bonds is 12. The maximum atomic E-state index is 13.2. The fourth-order valence-electron chi connectivity index (χ4n) is 5.11. The Hall–Kier alpha value is -4.16. The molecule has 0 unspecified atom stereocenters. The molecule has 5 rings (SSSR count). The van der Waals surface area contributed by atoms with E-state index in [2.05, 4.69) is 20.8 Å². The van der Waals surface area contributed by atoms with Crippen molar-refractivity contribution in [2.24, 2.45) is 0 Å². The van der Waals surface area contributed by atoms with E-state index in [1.165, 1.54) is 30.2 Å². The topological polar surface area (TPSA) is 124 Å². The van der Waals surface area contributed by atoms with E-state index >= 15 is 0 Å². The molecule has 2 aromatic carbocycles. The second-order valence-electron chi connectivity index (χ2n) is 10.2. The number of nitrogens with zero attached hydrogens (tertiary/aromatic N) is 3. The Morgan fingerprint density at radius 2 is 1.77 bits per heavy atom. The Balaban J connectivity index is 1.31. The number of benzene rings is 2. The Morgan fingerprint density at radius 3 is 2.57 bits per heavy atom. The summed E-state index contributed by atoms with van der Waals surface area (Å²) in [4.78, 5) is 40.2. The van der Waals surface area contributed by atoms with Gasteiger partial charge in [0.05, 0.1) is 43.7 Å². The van der Waals surface area contributed by atoms with Crippen molar-refractivity contribution in [1.82, 2.24) is 20.1 Å². The normalized spacial score (nSPS) is 12.6. The minimum atomic E-state index is -0.391. The number of carbonyl (C=O) groups is 3. The number of anilines is 1. The highest BCUT2D eigenvalue weighted by Crippen LogP contribution is 2.38. The van der Waals surface area contributed by atoms with E-state index in [0.29, 0.717) is 39.4 Å². The van der Waals surface area contributed by atoms with E-state index in [1.807, 2.05) is 34.9 Å². The molecule has 0 atom stereocenters. The van der Waals surface area contributed by atoms with Crippen molar-refractivity contribution in [3.05, 3.63) is 87.6 Å². The van der Waals surface area contributed by atoms with E-state index in [4.69, 9.17) is 9.47 Å². The molecule has 2 amide bonds. The minimum Gasteiger partial charge on any atom is -0.496 e. The third kappa shape index (κ3) is 7.48. The molecule has 230 valence electrons. The molecule has 0 saturated heterocycles. The third-order valence-electron chi connectivity index (χ3n) is 7.22. The zero-order chi connectivity index (χ0) is 30.9. The Bertz CT molecular complexity index is 1620. The van der Waals surface area contributed by atoms with Gasteiger partial charge in [-0.2, -0.15) is 0 Å². The van der Waals surface area contributed by atoms with Crippen molar-refractivity contribution >= 4 is 45.9 Å². The van der Waals surface area contributed by atoms with Crippen LogP contribution in [0.4, 0.5) is 5.00 Å². The lowest BCUT2D eigenvalue weighted by Crippen LogP contribution is -2.25. The maximum absolute atomic E-state index is 13.2. The molecule has 0 bridgehead atoms. The first-order chi connectivity index (χ1) is 21.5. The molecule has 10 nitrogen and oxygen atoms in total. The van der Waals surface area contributed by atoms with Crippen molar-refractivity contribution in [2.45, 2.75) is 57.3 Å². The van der Waals surface area contributed by atoms with Gasteiger partial charge in [0.25, 0.3) is 5.91 Å². The second-order valence-corrected chi connectivity index (χ2v) is 12.2. The predicted octanol–water partition coefficient (Wildman–Crippen LogP) is 5.50. The summed E-state index contributed by atoms with van der Waals surface area (Å²) < 4.78 is 12.6. The summed E-state index contributed by atoms with van der Waals surface area (Å²) >= 11 is 2.72. The zero-order valence-corrected chi connectivity index (χ0v) is 26.4. The Labute approximate surface area is 264 Å². The molecule has 44 heavy (non-hydrogen) atoms. The third-order valence-corrected chi connectivity index (χ3v) is 9.40. The Morgan fingerprint density at radius 1 is 1.00 bits per heavy atom. The van der Waals surface area contributed by atoms with Crippen LogP contribution in [0.2, 0.25) is 0 Å². The fraction of sp³-hybridized carbons (Fsp3) is 0.344. The minimum absolute atomic E-state index is 0.0608. The summed E-state index contributed by atoms with van der Waals surface area (Å²) in [6.45, 7) is 2.64. The Kier molecular flexibility index (Phi) is 10.7. The summed E-state index contributed by atoms with van der Waals surface area (Å²) in [6, 6.07) is 16.8. The fourth-order valence-corrected chi connectivity index (χ4v) is 7.16. The number of aromatic nitrogens is 3. The average Bonchev–Trinajstić information content (AvgIpc) is 3.49. The summed E-state index contributed by atoms with van der Waals surface area (Å²) in [5.41, 5.74) is 2.95. The van der Waals surface area contributed by atoms with Crippen LogP contribution in [0.3, 0.4) is 0 Å². The number of para-hydroxylation sites is 1. The van der Waals surface area contributed by atoms with Gasteiger partial charge in [0.2, 0.25) is 5.91 Å². The molecule has 0 saturated carbocycles. The van der Waals surface area contributed by atoms with Gasteiger partial charge in [-0.05, 0) is 55.9 Å². The van der Waals surface area contributed by atoms with E-state index in [9.17, 15) is 14.4 Å². The highest BCUT2D eigenvalue weighted by molar-refractivity contribution is 7.99. The van der Waals surface area contributed by atoms with E-state index < -0.39 is 5.97 Å². The highest BCUT2D eigenvalue weighted by Gasteiger charge is 2.27. The van der Waals surface area contributed by atoms with Crippen LogP contribution in [-0.2, 0) is 35.5 Å². The monoisotopic (exact) mass is 633 g/mol. The van der Waals surface area contributed by atoms with Crippen LogP contribution in [0.5, 0.6) is 5.75 Å². The number of carbonyl (C=O) groups excluding carboxylic acids is 3. The van der Waals surface area contributed by atoms with Crippen LogP contribution in [0.15, 0.2) is 59.8 Å². The largest absolute Gasteiger partial charge is 0.496 e. The number of nitrogens with one attached hydrogen (secondary N) is 2. The predicted molar refractivity (Wildman–Crippen MR) is 171 cm³/mol. The van der Waals surface area contributed by atoms with Crippen molar-refractivity contribution in [3.8, 4) is 5.75 Å². The van der Waals surface area contributed by atoms with Gasteiger partial charge in [0.1, 0.15) is 10.8 Å². The molecule has 0 spiro atoms. The molecule has 0 radical (unpaired) electrons. The van der Waals surface area contributed by atoms with Crippen LogP contribution < -0.4 is 15.4 Å². The maximum Gasteiger partial charge on any atom is 0.341 e. The lowest BCUT2D eigenvalue weighted by molar-refractivity contribution is -0.113. The van der Waals surface area contributed by atoms with E-state index in [0.717, 1.165) is 48.1 Å². The van der Waals surface area contributed by atoms with Gasteiger partial charge >= 0.3 is 5.97 Å².